The average molecular weight is 268 g/mol. The first-order valence-corrected chi connectivity index (χ1v) is 7.37. The van der Waals surface area contributed by atoms with Gasteiger partial charge in [-0.2, -0.15) is 11.8 Å². The van der Waals surface area contributed by atoms with Crippen LogP contribution in [0.5, 0.6) is 0 Å². The second-order valence-corrected chi connectivity index (χ2v) is 4.90. The van der Waals surface area contributed by atoms with Gasteiger partial charge in [0.2, 0.25) is 0 Å². The Morgan fingerprint density at radius 1 is 1.33 bits per heavy atom. The Balaban J connectivity index is 0.000000631. The van der Waals surface area contributed by atoms with Crippen molar-refractivity contribution in [3.05, 3.63) is 35.9 Å². The number of hydrazine groups is 1. The zero-order valence-electron chi connectivity index (χ0n) is 11.5. The number of benzene rings is 1. The summed E-state index contributed by atoms with van der Waals surface area (Å²) in [6.45, 7) is 3.99. The number of thioether (sulfide) groups is 1. The molecule has 4 heteroatoms. The molecule has 1 rings (SSSR count). The molecule has 0 bridgehead atoms. The third kappa shape index (κ3) is 10.3. The van der Waals surface area contributed by atoms with Crippen molar-refractivity contribution >= 4 is 18.0 Å². The molecule has 1 aromatic rings. The highest BCUT2D eigenvalue weighted by Gasteiger charge is 1.99. The summed E-state index contributed by atoms with van der Waals surface area (Å²) in [7, 11) is 1.90. The minimum Gasteiger partial charge on any atom is -0.303 e. The van der Waals surface area contributed by atoms with Gasteiger partial charge in [-0.3, -0.25) is 10.9 Å². The van der Waals surface area contributed by atoms with Crippen molar-refractivity contribution in [2.24, 2.45) is 0 Å². The Hall–Kier alpha value is -0.840. The molecule has 0 heterocycles. The highest BCUT2D eigenvalue weighted by atomic mass is 32.2. The van der Waals surface area contributed by atoms with Crippen LogP contribution in [-0.2, 0) is 10.5 Å². The molecule has 102 valence electrons. The summed E-state index contributed by atoms with van der Waals surface area (Å²) in [5.41, 5.74) is 7.51. The maximum Gasteiger partial charge on any atom is 0.119 e. The van der Waals surface area contributed by atoms with Crippen LogP contribution >= 0.6 is 11.8 Å². The van der Waals surface area contributed by atoms with E-state index in [0.717, 1.165) is 17.8 Å². The van der Waals surface area contributed by atoms with Gasteiger partial charge < -0.3 is 4.79 Å². The predicted octanol–water partition coefficient (Wildman–Crippen LogP) is 2.63. The SMILES string of the molecule is CCC=O.CNNC(C)CSCc1ccccc1. The lowest BCUT2D eigenvalue weighted by Gasteiger charge is -2.11. The smallest absolute Gasteiger partial charge is 0.119 e. The molecular weight excluding hydrogens is 244 g/mol. The normalized spacial score (nSPS) is 11.3. The van der Waals surface area contributed by atoms with E-state index >= 15 is 0 Å². The third-order valence-electron chi connectivity index (χ3n) is 2.04. The summed E-state index contributed by atoms with van der Waals surface area (Å²) in [6, 6.07) is 11.1. The van der Waals surface area contributed by atoms with Gasteiger partial charge in [0.1, 0.15) is 6.29 Å². The van der Waals surface area contributed by atoms with E-state index in [-0.39, 0.29) is 0 Å². The van der Waals surface area contributed by atoms with Gasteiger partial charge in [0.25, 0.3) is 0 Å². The predicted molar refractivity (Wildman–Crippen MR) is 80.6 cm³/mol. The number of carbonyl (C=O) groups is 1. The second-order valence-electron chi connectivity index (χ2n) is 3.87. The molecular formula is C14H24N2OS. The molecule has 0 radical (unpaired) electrons. The molecule has 0 aliphatic rings. The Morgan fingerprint density at radius 2 is 1.94 bits per heavy atom. The molecule has 1 atom stereocenters. The maximum atomic E-state index is 9.17. The number of hydrogen-bond donors (Lipinski definition) is 2. The van der Waals surface area contributed by atoms with Crippen molar-refractivity contribution in [2.45, 2.75) is 32.1 Å². The lowest BCUT2D eigenvalue weighted by molar-refractivity contribution is -0.107. The van der Waals surface area contributed by atoms with Gasteiger partial charge >= 0.3 is 0 Å². The molecule has 0 aliphatic heterocycles. The van der Waals surface area contributed by atoms with Gasteiger partial charge in [0.05, 0.1) is 0 Å². The van der Waals surface area contributed by atoms with E-state index in [9.17, 15) is 4.79 Å². The van der Waals surface area contributed by atoms with Crippen molar-refractivity contribution in [2.75, 3.05) is 12.8 Å². The van der Waals surface area contributed by atoms with Gasteiger partial charge in [-0.15, -0.1) is 0 Å². The largest absolute Gasteiger partial charge is 0.303 e. The first kappa shape index (κ1) is 17.2. The molecule has 2 N–H and O–H groups in total. The third-order valence-corrected chi connectivity index (χ3v) is 3.31. The van der Waals surface area contributed by atoms with Gasteiger partial charge in [-0.05, 0) is 19.5 Å². The number of rotatable bonds is 7. The molecule has 3 nitrogen and oxygen atoms in total. The minimum atomic E-state index is 0.508. The zero-order valence-corrected chi connectivity index (χ0v) is 12.3. The van der Waals surface area contributed by atoms with Crippen molar-refractivity contribution in [1.29, 1.82) is 0 Å². The van der Waals surface area contributed by atoms with Gasteiger partial charge in [-0.1, -0.05) is 37.3 Å². The fraction of sp³-hybridized carbons (Fsp3) is 0.500. The number of nitrogens with one attached hydrogen (secondary N) is 2. The summed E-state index contributed by atoms with van der Waals surface area (Å²) >= 11 is 1.95. The molecule has 0 spiro atoms. The van der Waals surface area contributed by atoms with E-state index in [1.165, 1.54) is 5.56 Å². The van der Waals surface area contributed by atoms with Crippen LogP contribution < -0.4 is 10.9 Å². The fourth-order valence-corrected chi connectivity index (χ4v) is 2.20. The molecule has 0 aromatic heterocycles. The Labute approximate surface area is 115 Å². The van der Waals surface area contributed by atoms with E-state index in [1.54, 1.807) is 0 Å². The van der Waals surface area contributed by atoms with E-state index in [1.807, 2.05) is 25.7 Å². The molecule has 1 aromatic carbocycles. The summed E-state index contributed by atoms with van der Waals surface area (Å²) in [5.74, 6) is 2.21. The highest BCUT2D eigenvalue weighted by molar-refractivity contribution is 7.98. The lowest BCUT2D eigenvalue weighted by atomic mass is 10.2. The second kappa shape index (κ2) is 12.6. The summed E-state index contributed by atoms with van der Waals surface area (Å²) in [4.78, 5) is 9.17. The standard InChI is InChI=1S/C11H18N2S.C3H6O/c1-10(13-12-2)8-14-9-11-6-4-3-5-7-11;1-2-3-4/h3-7,10,12-13H,8-9H2,1-2H3;3H,2H2,1H3. The molecule has 0 amide bonds. The van der Waals surface area contributed by atoms with E-state index in [4.69, 9.17) is 0 Å². The summed E-state index contributed by atoms with van der Waals surface area (Å²) in [5, 5.41) is 0. The maximum absolute atomic E-state index is 9.17. The average Bonchev–Trinajstić information content (AvgIpc) is 2.40. The molecule has 0 aliphatic carbocycles. The van der Waals surface area contributed by atoms with Crippen LogP contribution in [0.25, 0.3) is 0 Å². The molecule has 1 unspecified atom stereocenters. The Bertz CT molecular complexity index is 293. The van der Waals surface area contributed by atoms with Crippen LogP contribution in [0.3, 0.4) is 0 Å². The van der Waals surface area contributed by atoms with Gasteiger partial charge in [0, 0.05) is 24.0 Å². The molecule has 0 saturated heterocycles. The fourth-order valence-electron chi connectivity index (χ4n) is 1.22. The Morgan fingerprint density at radius 3 is 2.44 bits per heavy atom. The van der Waals surface area contributed by atoms with Crippen LogP contribution in [0, 0.1) is 0 Å². The molecule has 0 fully saturated rings. The van der Waals surface area contributed by atoms with Crippen LogP contribution in [0.15, 0.2) is 30.3 Å². The van der Waals surface area contributed by atoms with E-state index in [0.29, 0.717) is 12.5 Å². The van der Waals surface area contributed by atoms with Crippen molar-refractivity contribution < 1.29 is 4.79 Å². The van der Waals surface area contributed by atoms with Crippen LogP contribution in [0.2, 0.25) is 0 Å². The topological polar surface area (TPSA) is 41.1 Å². The van der Waals surface area contributed by atoms with Crippen LogP contribution in [-0.4, -0.2) is 25.1 Å². The number of carbonyl (C=O) groups excluding carboxylic acids is 1. The molecule has 0 saturated carbocycles. The minimum absolute atomic E-state index is 0.508. The number of aldehydes is 1. The van der Waals surface area contributed by atoms with Gasteiger partial charge in [0.15, 0.2) is 0 Å². The first-order valence-electron chi connectivity index (χ1n) is 6.22. The molecule has 18 heavy (non-hydrogen) atoms. The van der Waals surface area contributed by atoms with Crippen LogP contribution in [0.1, 0.15) is 25.8 Å². The Kier molecular flexibility index (Phi) is 12.0. The van der Waals surface area contributed by atoms with Gasteiger partial charge in [-0.25, -0.2) is 0 Å². The monoisotopic (exact) mass is 268 g/mol. The van der Waals surface area contributed by atoms with Crippen molar-refractivity contribution in [3.63, 3.8) is 0 Å². The first-order chi connectivity index (χ1) is 8.74. The highest BCUT2D eigenvalue weighted by Crippen LogP contribution is 2.12. The quantitative estimate of drug-likeness (QED) is 0.589. The van der Waals surface area contributed by atoms with Crippen molar-refractivity contribution in [3.8, 4) is 0 Å². The van der Waals surface area contributed by atoms with E-state index < -0.39 is 0 Å². The van der Waals surface area contributed by atoms with Crippen molar-refractivity contribution in [1.82, 2.24) is 10.9 Å². The lowest BCUT2D eigenvalue weighted by Crippen LogP contribution is -2.37. The van der Waals surface area contributed by atoms with Crippen LogP contribution in [0.4, 0.5) is 0 Å². The zero-order chi connectivity index (χ0) is 13.6. The van der Waals surface area contributed by atoms with E-state index in [2.05, 4.69) is 48.1 Å². The summed E-state index contributed by atoms with van der Waals surface area (Å²) in [6.07, 6.45) is 1.51. The summed E-state index contributed by atoms with van der Waals surface area (Å²) < 4.78 is 0. The number of hydrogen-bond acceptors (Lipinski definition) is 4.